The van der Waals surface area contributed by atoms with Gasteiger partial charge in [-0.05, 0) is 23.2 Å². The monoisotopic (exact) mass is 244 g/mol. The van der Waals surface area contributed by atoms with Crippen molar-refractivity contribution in [3.63, 3.8) is 0 Å². The van der Waals surface area contributed by atoms with Crippen LogP contribution < -0.4 is 0 Å². The second-order valence-electron chi connectivity index (χ2n) is 1.49. The van der Waals surface area contributed by atoms with E-state index >= 15 is 0 Å². The Hall–Kier alpha value is -0.520. The van der Waals surface area contributed by atoms with E-state index < -0.39 is 16.5 Å². The number of aliphatic carboxylic acids is 1. The number of carbonyl (C=O) groups is 3. The molecule has 0 heterocycles. The van der Waals surface area contributed by atoms with Crippen LogP contribution in [0.25, 0.3) is 0 Å². The number of hydrogen-bond acceptors (Lipinski definition) is 4. The fourth-order valence-corrected chi connectivity index (χ4v) is 0.257. The molecule has 0 rings (SSSR count). The maximum Gasteiger partial charge on any atom is 0.313 e. The highest BCUT2D eigenvalue weighted by Gasteiger charge is 1.87. The maximum atomic E-state index is 9.82. The van der Waals surface area contributed by atoms with Gasteiger partial charge >= 0.3 is 5.97 Å². The molecule has 74 valence electrons. The van der Waals surface area contributed by atoms with Crippen LogP contribution in [0.4, 0.5) is 0 Å². The number of carbonyl (C=O) groups excluding carboxylic acids is 2. The van der Waals surface area contributed by atoms with Crippen LogP contribution in [0.15, 0.2) is 12.2 Å². The molecule has 0 unspecified atom stereocenters. The Morgan fingerprint density at radius 2 is 1.38 bits per heavy atom. The predicted molar refractivity (Wildman–Crippen MR) is 52.3 cm³/mol. The molecule has 0 aromatic carbocycles. The molecule has 0 amide bonds. The summed E-state index contributed by atoms with van der Waals surface area (Å²) in [6, 6.07) is 0. The molecule has 13 heavy (non-hydrogen) atoms. The summed E-state index contributed by atoms with van der Waals surface area (Å²) in [4.78, 5) is 28.9. The fourth-order valence-electron chi connectivity index (χ4n) is 0.131. The van der Waals surface area contributed by atoms with Gasteiger partial charge in [0.2, 0.25) is 10.5 Å². The Balaban J connectivity index is 0. The Morgan fingerprint density at radius 3 is 1.46 bits per heavy atom. The Morgan fingerprint density at radius 1 is 1.15 bits per heavy atom. The molecule has 0 spiro atoms. The van der Waals surface area contributed by atoms with Crippen LogP contribution in [0.2, 0.25) is 0 Å². The average molecular weight is 245 g/mol. The maximum absolute atomic E-state index is 9.82. The van der Waals surface area contributed by atoms with Crippen LogP contribution in [-0.4, -0.2) is 27.3 Å². The molecule has 0 saturated heterocycles. The lowest BCUT2D eigenvalue weighted by Crippen LogP contribution is -1.92. The molecule has 0 saturated carbocycles. The van der Waals surface area contributed by atoms with Gasteiger partial charge in [0.1, 0.15) is 0 Å². The van der Waals surface area contributed by atoms with E-state index in [1.165, 1.54) is 0 Å². The lowest BCUT2D eigenvalue weighted by atomic mass is 10.6. The minimum absolute atomic E-state index is 0.0833. The minimum Gasteiger partial charge on any atom is -0.481 e. The number of allylic oxidation sites excluding steroid dienone is 2. The summed E-state index contributed by atoms with van der Waals surface area (Å²) in [7, 11) is 0. The van der Waals surface area contributed by atoms with Gasteiger partial charge in [-0.3, -0.25) is 14.4 Å². The highest BCUT2D eigenvalue weighted by atomic mass is 35.5. The molecule has 0 aliphatic heterocycles. The molecular weight excluding hydrogens is 239 g/mol. The lowest BCUT2D eigenvalue weighted by molar-refractivity contribution is -0.133. The average Bonchev–Trinajstić information content (AvgIpc) is 2.02. The molecule has 7 heteroatoms. The Labute approximate surface area is 89.9 Å². The summed E-state index contributed by atoms with van der Waals surface area (Å²) in [6.07, 6.45) is 1.77. The number of halogens is 2. The van der Waals surface area contributed by atoms with Crippen LogP contribution >= 0.6 is 35.8 Å². The van der Waals surface area contributed by atoms with Gasteiger partial charge in [0, 0.05) is 12.2 Å². The number of carboxylic acids is 1. The molecule has 1 N–H and O–H groups in total. The Kier molecular flexibility index (Phi) is 11.0. The molecule has 0 aliphatic carbocycles. The van der Waals surface area contributed by atoms with Crippen molar-refractivity contribution in [1.82, 2.24) is 0 Å². The second kappa shape index (κ2) is 9.57. The number of rotatable bonds is 3. The van der Waals surface area contributed by atoms with Crippen molar-refractivity contribution in [3.05, 3.63) is 12.2 Å². The SMILES string of the molecule is O=C(Cl)/C=C/C(=O)Cl.O=C(O)CS. The first-order valence-corrected chi connectivity index (χ1v) is 4.18. The van der Waals surface area contributed by atoms with Gasteiger partial charge in [0.05, 0.1) is 5.75 Å². The van der Waals surface area contributed by atoms with E-state index in [4.69, 9.17) is 28.3 Å². The van der Waals surface area contributed by atoms with Crippen LogP contribution in [0.3, 0.4) is 0 Å². The van der Waals surface area contributed by atoms with Gasteiger partial charge in [-0.2, -0.15) is 12.6 Å². The summed E-state index contributed by atoms with van der Waals surface area (Å²) in [5.41, 5.74) is 0. The predicted octanol–water partition coefficient (Wildman–Crippen LogP) is 1.07. The van der Waals surface area contributed by atoms with Crippen molar-refractivity contribution in [3.8, 4) is 0 Å². The lowest BCUT2D eigenvalue weighted by Gasteiger charge is -1.71. The molecule has 0 bridgehead atoms. The van der Waals surface area contributed by atoms with E-state index in [9.17, 15) is 14.4 Å². The summed E-state index contributed by atoms with van der Waals surface area (Å²) in [5, 5.41) is 6.23. The number of thiol groups is 1. The molecule has 0 atom stereocenters. The van der Waals surface area contributed by atoms with Crippen molar-refractivity contribution >= 4 is 52.3 Å². The summed E-state index contributed by atoms with van der Waals surface area (Å²) in [5.74, 6) is -0.965. The van der Waals surface area contributed by atoms with Crippen molar-refractivity contribution in [2.75, 3.05) is 5.75 Å². The normalized spacial score (nSPS) is 8.85. The van der Waals surface area contributed by atoms with Crippen molar-refractivity contribution < 1.29 is 19.5 Å². The van der Waals surface area contributed by atoms with E-state index in [-0.39, 0.29) is 5.75 Å². The standard InChI is InChI=1S/C4H2Cl2O2.C2H4O2S/c5-3(7)1-2-4(6)8;3-2(4)1-5/h1-2H;5H,1H2,(H,3,4)/b2-1+;. The van der Waals surface area contributed by atoms with Crippen molar-refractivity contribution in [1.29, 1.82) is 0 Å². The van der Waals surface area contributed by atoms with Gasteiger partial charge in [-0.15, -0.1) is 0 Å². The third-order valence-electron chi connectivity index (χ3n) is 0.481. The summed E-state index contributed by atoms with van der Waals surface area (Å²) >= 11 is 13.0. The fraction of sp³-hybridized carbons (Fsp3) is 0.167. The quantitative estimate of drug-likeness (QED) is 0.443. The van der Waals surface area contributed by atoms with E-state index in [2.05, 4.69) is 12.6 Å². The molecule has 0 fully saturated rings. The number of carboxylic acid groups (broad SMARTS) is 1. The van der Waals surface area contributed by atoms with Crippen LogP contribution in [0, 0.1) is 0 Å². The third-order valence-corrected chi connectivity index (χ3v) is 1.00. The van der Waals surface area contributed by atoms with Crippen molar-refractivity contribution in [2.45, 2.75) is 0 Å². The molecule has 0 aromatic heterocycles. The zero-order valence-corrected chi connectivity index (χ0v) is 8.64. The topological polar surface area (TPSA) is 71.4 Å². The summed E-state index contributed by atoms with van der Waals surface area (Å²) in [6.45, 7) is 0. The highest BCUT2D eigenvalue weighted by Crippen LogP contribution is 1.85. The van der Waals surface area contributed by atoms with Crippen LogP contribution in [0.5, 0.6) is 0 Å². The van der Waals surface area contributed by atoms with E-state index in [0.29, 0.717) is 0 Å². The van der Waals surface area contributed by atoms with Gasteiger partial charge in [0.25, 0.3) is 0 Å². The molecule has 0 aromatic rings. The second-order valence-corrected chi connectivity index (χ2v) is 2.55. The largest absolute Gasteiger partial charge is 0.481 e. The first kappa shape index (κ1) is 15.0. The third kappa shape index (κ3) is 24.6. The minimum atomic E-state index is -0.881. The van der Waals surface area contributed by atoms with Crippen molar-refractivity contribution in [2.24, 2.45) is 0 Å². The van der Waals surface area contributed by atoms with E-state index in [1.54, 1.807) is 0 Å². The van der Waals surface area contributed by atoms with Crippen LogP contribution in [-0.2, 0) is 14.4 Å². The first-order chi connectivity index (χ1) is 5.90. The molecule has 0 radical (unpaired) electrons. The van der Waals surface area contributed by atoms with Gasteiger partial charge in [-0.25, -0.2) is 0 Å². The zero-order valence-electron chi connectivity index (χ0n) is 6.24. The first-order valence-electron chi connectivity index (χ1n) is 2.79. The smallest absolute Gasteiger partial charge is 0.313 e. The highest BCUT2D eigenvalue weighted by molar-refractivity contribution is 7.81. The van der Waals surface area contributed by atoms with Gasteiger partial charge < -0.3 is 5.11 Å². The van der Waals surface area contributed by atoms with E-state index in [1.807, 2.05) is 0 Å². The van der Waals surface area contributed by atoms with E-state index in [0.717, 1.165) is 12.2 Å². The molecule has 4 nitrogen and oxygen atoms in total. The van der Waals surface area contributed by atoms with Crippen LogP contribution in [0.1, 0.15) is 0 Å². The molecular formula is C6H6Cl2O4S. The van der Waals surface area contributed by atoms with Gasteiger partial charge in [0.15, 0.2) is 0 Å². The zero-order chi connectivity index (χ0) is 10.9. The molecule has 0 aliphatic rings. The number of hydrogen-bond donors (Lipinski definition) is 2. The summed E-state index contributed by atoms with van der Waals surface area (Å²) < 4.78 is 0. The van der Waals surface area contributed by atoms with Gasteiger partial charge in [-0.1, -0.05) is 0 Å². The Bertz CT molecular complexity index is 211.